The minimum absolute atomic E-state index is 0.0821. The van der Waals surface area contributed by atoms with Crippen LogP contribution in [0.4, 0.5) is 5.69 Å². The van der Waals surface area contributed by atoms with Gasteiger partial charge in [-0.05, 0) is 73.6 Å². The second-order valence-electron chi connectivity index (χ2n) is 10.7. The number of thioether (sulfide) groups is 1. The van der Waals surface area contributed by atoms with Gasteiger partial charge in [0.2, 0.25) is 5.91 Å². The van der Waals surface area contributed by atoms with Crippen molar-refractivity contribution in [1.82, 2.24) is 14.8 Å². The molecule has 1 N–H and O–H groups in total. The zero-order valence-electron chi connectivity index (χ0n) is 23.3. The van der Waals surface area contributed by atoms with Gasteiger partial charge in [0.05, 0.1) is 11.4 Å². The number of carbonyl (C=O) groups excluding carboxylic acids is 1. The zero-order valence-corrected chi connectivity index (χ0v) is 24.1. The number of aromatic nitrogens is 3. The highest BCUT2D eigenvalue weighted by atomic mass is 32.2. The summed E-state index contributed by atoms with van der Waals surface area (Å²) in [5.74, 6) is 1.58. The van der Waals surface area contributed by atoms with Gasteiger partial charge in [0, 0.05) is 5.69 Å². The van der Waals surface area contributed by atoms with Gasteiger partial charge in [0.25, 0.3) is 0 Å². The first-order chi connectivity index (χ1) is 18.0. The third-order valence-electron chi connectivity index (χ3n) is 6.42. The van der Waals surface area contributed by atoms with Gasteiger partial charge >= 0.3 is 0 Å². The first kappa shape index (κ1) is 27.5. The van der Waals surface area contributed by atoms with E-state index in [0.717, 1.165) is 33.8 Å². The zero-order chi connectivity index (χ0) is 27.4. The molecule has 0 saturated heterocycles. The quantitative estimate of drug-likeness (QED) is 0.247. The smallest absolute Gasteiger partial charge is 0.234 e. The number of nitrogens with zero attached hydrogens (tertiary/aromatic N) is 3. The van der Waals surface area contributed by atoms with E-state index in [1.54, 1.807) is 0 Å². The first-order valence-electron chi connectivity index (χ1n) is 12.8. The fourth-order valence-electron chi connectivity index (χ4n) is 4.43. The summed E-state index contributed by atoms with van der Waals surface area (Å²) in [7, 11) is 0. The molecule has 198 valence electrons. The molecule has 1 heterocycles. The van der Waals surface area contributed by atoms with Gasteiger partial charge in [-0.15, -0.1) is 10.2 Å². The van der Waals surface area contributed by atoms with Crippen LogP contribution in [0.3, 0.4) is 0 Å². The molecule has 0 radical (unpaired) electrons. The van der Waals surface area contributed by atoms with Crippen molar-refractivity contribution >= 4 is 23.4 Å². The van der Waals surface area contributed by atoms with E-state index in [4.69, 9.17) is 4.74 Å². The SMILES string of the molecule is Cc1cc(C)c(NC(=O)CSc2nnc(COc3ccc(C(C)(C)C)cc3)n2-c2ccccc2C)c(C)c1. The Morgan fingerprint density at radius 3 is 2.21 bits per heavy atom. The van der Waals surface area contributed by atoms with Crippen molar-refractivity contribution < 1.29 is 9.53 Å². The van der Waals surface area contributed by atoms with E-state index in [-0.39, 0.29) is 23.7 Å². The molecule has 0 aliphatic carbocycles. The monoisotopic (exact) mass is 528 g/mol. The first-order valence-corrected chi connectivity index (χ1v) is 13.8. The molecular weight excluding hydrogens is 492 g/mol. The van der Waals surface area contributed by atoms with Crippen molar-refractivity contribution in [2.45, 2.75) is 65.6 Å². The molecule has 4 rings (SSSR count). The Morgan fingerprint density at radius 2 is 1.58 bits per heavy atom. The molecule has 1 amide bonds. The van der Waals surface area contributed by atoms with Crippen LogP contribution < -0.4 is 10.1 Å². The van der Waals surface area contributed by atoms with Crippen molar-refractivity contribution in [2.24, 2.45) is 0 Å². The van der Waals surface area contributed by atoms with Crippen LogP contribution in [0.25, 0.3) is 5.69 Å². The summed E-state index contributed by atoms with van der Waals surface area (Å²) in [6.45, 7) is 15.0. The maximum Gasteiger partial charge on any atom is 0.234 e. The normalized spacial score (nSPS) is 11.4. The number of hydrogen-bond acceptors (Lipinski definition) is 5. The summed E-state index contributed by atoms with van der Waals surface area (Å²) in [4.78, 5) is 12.9. The topological polar surface area (TPSA) is 69.0 Å². The fourth-order valence-corrected chi connectivity index (χ4v) is 5.19. The van der Waals surface area contributed by atoms with Crippen molar-refractivity contribution in [3.63, 3.8) is 0 Å². The number of ether oxygens (including phenoxy) is 1. The van der Waals surface area contributed by atoms with Crippen LogP contribution in [0, 0.1) is 27.7 Å². The Morgan fingerprint density at radius 1 is 0.921 bits per heavy atom. The van der Waals surface area contributed by atoms with Gasteiger partial charge in [-0.25, -0.2) is 0 Å². The van der Waals surface area contributed by atoms with E-state index in [2.05, 4.69) is 80.5 Å². The minimum atomic E-state index is -0.0823. The van der Waals surface area contributed by atoms with Gasteiger partial charge < -0.3 is 10.1 Å². The molecule has 0 aliphatic rings. The highest BCUT2D eigenvalue weighted by Crippen LogP contribution is 2.28. The number of benzene rings is 3. The van der Waals surface area contributed by atoms with E-state index in [0.29, 0.717) is 11.0 Å². The molecule has 0 fully saturated rings. The summed E-state index contributed by atoms with van der Waals surface area (Å²) < 4.78 is 8.09. The molecule has 4 aromatic rings. The maximum atomic E-state index is 12.9. The van der Waals surface area contributed by atoms with Crippen LogP contribution in [0.2, 0.25) is 0 Å². The standard InChI is InChI=1S/C31H36N4O2S/c1-20-16-22(3)29(23(4)17-20)32-28(36)19-38-30-34-33-27(35(30)26-11-9-8-10-21(26)2)18-37-25-14-12-24(13-15-25)31(5,6)7/h8-17H,18-19H2,1-7H3,(H,32,36). The highest BCUT2D eigenvalue weighted by Gasteiger charge is 2.19. The molecule has 0 bridgehead atoms. The van der Waals surface area contributed by atoms with Crippen molar-refractivity contribution in [2.75, 3.05) is 11.1 Å². The molecule has 6 nitrogen and oxygen atoms in total. The third-order valence-corrected chi connectivity index (χ3v) is 7.35. The lowest BCUT2D eigenvalue weighted by Gasteiger charge is -2.19. The van der Waals surface area contributed by atoms with E-state index >= 15 is 0 Å². The average molecular weight is 529 g/mol. The second-order valence-corrected chi connectivity index (χ2v) is 11.6. The van der Waals surface area contributed by atoms with Gasteiger partial charge in [-0.2, -0.15) is 0 Å². The van der Waals surface area contributed by atoms with Gasteiger partial charge in [-0.3, -0.25) is 9.36 Å². The Hall–Kier alpha value is -3.58. The number of hydrogen-bond donors (Lipinski definition) is 1. The second kappa shape index (κ2) is 11.4. The summed E-state index contributed by atoms with van der Waals surface area (Å²) in [5, 5.41) is 12.6. The van der Waals surface area contributed by atoms with Crippen molar-refractivity contribution in [1.29, 1.82) is 0 Å². The van der Waals surface area contributed by atoms with Crippen molar-refractivity contribution in [3.8, 4) is 11.4 Å². The third kappa shape index (κ3) is 6.45. The Kier molecular flexibility index (Phi) is 8.26. The van der Waals surface area contributed by atoms with Gasteiger partial charge in [0.1, 0.15) is 12.4 Å². The Labute approximate surface area is 229 Å². The largest absolute Gasteiger partial charge is 0.486 e. The van der Waals surface area contributed by atoms with E-state index in [1.807, 2.05) is 48.7 Å². The lowest BCUT2D eigenvalue weighted by atomic mass is 9.87. The van der Waals surface area contributed by atoms with Crippen LogP contribution >= 0.6 is 11.8 Å². The molecule has 0 atom stereocenters. The van der Waals surface area contributed by atoms with E-state index in [1.165, 1.54) is 22.9 Å². The van der Waals surface area contributed by atoms with E-state index in [9.17, 15) is 4.79 Å². The Balaban J connectivity index is 1.52. The van der Waals surface area contributed by atoms with Crippen LogP contribution in [-0.2, 0) is 16.8 Å². The lowest BCUT2D eigenvalue weighted by Crippen LogP contribution is -2.16. The van der Waals surface area contributed by atoms with Gasteiger partial charge in [-0.1, -0.05) is 80.6 Å². The van der Waals surface area contributed by atoms with E-state index < -0.39 is 0 Å². The minimum Gasteiger partial charge on any atom is -0.486 e. The number of aryl methyl sites for hydroxylation is 4. The summed E-state index contributed by atoms with van der Waals surface area (Å²) in [6, 6.07) is 20.4. The predicted molar refractivity (Wildman–Crippen MR) is 156 cm³/mol. The molecule has 3 aromatic carbocycles. The molecule has 7 heteroatoms. The number of anilines is 1. The Bertz CT molecular complexity index is 1410. The summed E-state index contributed by atoms with van der Waals surface area (Å²) >= 11 is 1.36. The number of carbonyl (C=O) groups is 1. The summed E-state index contributed by atoms with van der Waals surface area (Å²) in [6.07, 6.45) is 0. The van der Waals surface area contributed by atoms with Crippen molar-refractivity contribution in [3.05, 3.63) is 94.3 Å². The van der Waals surface area contributed by atoms with Crippen LogP contribution in [-0.4, -0.2) is 26.4 Å². The number of rotatable bonds is 8. The average Bonchev–Trinajstić information content (AvgIpc) is 3.26. The molecular formula is C31H36N4O2S. The fraction of sp³-hybridized carbons (Fsp3) is 0.323. The highest BCUT2D eigenvalue weighted by molar-refractivity contribution is 7.99. The molecule has 0 saturated carbocycles. The number of para-hydroxylation sites is 1. The molecule has 0 aliphatic heterocycles. The van der Waals surface area contributed by atoms with Gasteiger partial charge in [0.15, 0.2) is 11.0 Å². The lowest BCUT2D eigenvalue weighted by molar-refractivity contribution is -0.113. The molecule has 0 unspecified atom stereocenters. The predicted octanol–water partition coefficient (Wildman–Crippen LogP) is 7.11. The van der Waals surface area contributed by atoms with Crippen LogP contribution in [0.5, 0.6) is 5.75 Å². The molecule has 0 spiro atoms. The molecule has 1 aromatic heterocycles. The summed E-state index contributed by atoms with van der Waals surface area (Å²) in [5.41, 5.74) is 7.54. The van der Waals surface area contributed by atoms with Crippen LogP contribution in [0.15, 0.2) is 65.8 Å². The molecule has 38 heavy (non-hydrogen) atoms. The van der Waals surface area contributed by atoms with Crippen LogP contribution in [0.1, 0.15) is 54.4 Å². The maximum absolute atomic E-state index is 12.9. The number of amides is 1. The number of nitrogens with one attached hydrogen (secondary N) is 1.